The van der Waals surface area contributed by atoms with E-state index < -0.39 is 12.6 Å². The van der Waals surface area contributed by atoms with Crippen LogP contribution >= 0.6 is 0 Å². The predicted molar refractivity (Wildman–Crippen MR) is 80.1 cm³/mol. The highest BCUT2D eigenvalue weighted by atomic mass is 19.1. The lowest BCUT2D eigenvalue weighted by Gasteiger charge is -2.08. The summed E-state index contributed by atoms with van der Waals surface area (Å²) < 4.78 is 22.9. The van der Waals surface area contributed by atoms with Crippen LogP contribution in [0.3, 0.4) is 0 Å². The first-order valence-electron chi connectivity index (χ1n) is 6.66. The van der Waals surface area contributed by atoms with Crippen LogP contribution in [0.25, 0.3) is 0 Å². The zero-order valence-electron chi connectivity index (χ0n) is 12.0. The summed E-state index contributed by atoms with van der Waals surface area (Å²) in [6.45, 7) is -0.653. The molecular formula is C16H14FNO5. The van der Waals surface area contributed by atoms with Gasteiger partial charge in [0.05, 0.1) is 0 Å². The second-order valence-electron chi connectivity index (χ2n) is 4.50. The van der Waals surface area contributed by atoms with Gasteiger partial charge in [0.1, 0.15) is 17.3 Å². The minimum absolute atomic E-state index is 0.219. The Labute approximate surface area is 131 Å². The molecule has 2 rings (SSSR count). The topological polar surface area (TPSA) is 84.9 Å². The molecule has 1 amide bonds. The van der Waals surface area contributed by atoms with E-state index in [1.54, 1.807) is 24.3 Å². The first-order chi connectivity index (χ1) is 11.0. The van der Waals surface area contributed by atoms with Crippen molar-refractivity contribution in [3.63, 3.8) is 0 Å². The number of hydrogen-bond acceptors (Lipinski definition) is 4. The van der Waals surface area contributed by atoms with E-state index in [1.807, 2.05) is 0 Å². The van der Waals surface area contributed by atoms with Crippen molar-refractivity contribution in [2.75, 3.05) is 18.5 Å². The number of benzene rings is 2. The molecule has 7 heteroatoms. The largest absolute Gasteiger partial charge is 0.484 e. The number of carbonyl (C=O) groups is 2. The number of aliphatic carboxylic acids is 1. The van der Waals surface area contributed by atoms with Gasteiger partial charge in [-0.3, -0.25) is 4.79 Å². The molecule has 0 saturated carbocycles. The quantitative estimate of drug-likeness (QED) is 0.818. The molecule has 0 saturated heterocycles. The van der Waals surface area contributed by atoms with Gasteiger partial charge in [-0.2, -0.15) is 0 Å². The Morgan fingerprint density at radius 1 is 0.913 bits per heavy atom. The number of ether oxygens (including phenoxy) is 2. The van der Waals surface area contributed by atoms with Gasteiger partial charge in [-0.1, -0.05) is 0 Å². The number of rotatable bonds is 7. The standard InChI is InChI=1S/C16H14FNO5/c17-11-1-5-13(6-2-11)22-9-15(19)18-12-3-7-14(8-4-12)23-10-16(20)21/h1-8H,9-10H2,(H,18,19)(H,20,21). The van der Waals surface area contributed by atoms with Gasteiger partial charge in [-0.15, -0.1) is 0 Å². The predicted octanol–water partition coefficient (Wildman–Crippen LogP) is 2.31. The Hall–Kier alpha value is -3.09. The van der Waals surface area contributed by atoms with E-state index in [-0.39, 0.29) is 18.3 Å². The minimum atomic E-state index is -1.07. The van der Waals surface area contributed by atoms with Crippen LogP contribution in [0.4, 0.5) is 10.1 Å². The van der Waals surface area contributed by atoms with Crippen LogP contribution in [-0.4, -0.2) is 30.2 Å². The van der Waals surface area contributed by atoms with E-state index in [9.17, 15) is 14.0 Å². The second kappa shape index (κ2) is 7.79. The van der Waals surface area contributed by atoms with Gasteiger partial charge in [0.25, 0.3) is 5.91 Å². The molecule has 0 heterocycles. The van der Waals surface area contributed by atoms with Gasteiger partial charge >= 0.3 is 5.97 Å². The van der Waals surface area contributed by atoms with E-state index in [2.05, 4.69) is 5.32 Å². The maximum atomic E-state index is 12.7. The lowest BCUT2D eigenvalue weighted by molar-refractivity contribution is -0.139. The molecule has 2 N–H and O–H groups in total. The van der Waals surface area contributed by atoms with Gasteiger partial charge in [0.15, 0.2) is 13.2 Å². The molecule has 2 aromatic rings. The van der Waals surface area contributed by atoms with Crippen LogP contribution in [0, 0.1) is 5.82 Å². The molecule has 120 valence electrons. The fourth-order valence-corrected chi connectivity index (χ4v) is 1.66. The molecule has 0 radical (unpaired) electrons. The number of carboxylic acid groups (broad SMARTS) is 1. The van der Waals surface area contributed by atoms with E-state index in [0.717, 1.165) is 0 Å². The number of hydrogen-bond donors (Lipinski definition) is 2. The Balaban J connectivity index is 1.80. The third-order valence-electron chi connectivity index (χ3n) is 2.68. The molecule has 0 aliphatic carbocycles. The number of halogens is 1. The van der Waals surface area contributed by atoms with E-state index in [0.29, 0.717) is 17.2 Å². The Morgan fingerprint density at radius 2 is 1.43 bits per heavy atom. The zero-order valence-corrected chi connectivity index (χ0v) is 12.0. The maximum Gasteiger partial charge on any atom is 0.341 e. The first-order valence-corrected chi connectivity index (χ1v) is 6.66. The molecule has 2 aromatic carbocycles. The zero-order chi connectivity index (χ0) is 16.7. The number of carbonyl (C=O) groups excluding carboxylic acids is 1. The number of anilines is 1. The van der Waals surface area contributed by atoms with Crippen molar-refractivity contribution in [3.8, 4) is 11.5 Å². The van der Waals surface area contributed by atoms with Crippen LogP contribution in [0.5, 0.6) is 11.5 Å². The molecule has 6 nitrogen and oxygen atoms in total. The van der Waals surface area contributed by atoms with Gasteiger partial charge in [-0.25, -0.2) is 9.18 Å². The molecular weight excluding hydrogens is 305 g/mol. The molecule has 0 bridgehead atoms. The summed E-state index contributed by atoms with van der Waals surface area (Å²) in [7, 11) is 0. The molecule has 0 unspecified atom stereocenters. The van der Waals surface area contributed by atoms with Crippen LogP contribution in [-0.2, 0) is 9.59 Å². The van der Waals surface area contributed by atoms with Gasteiger partial charge in [0, 0.05) is 5.69 Å². The van der Waals surface area contributed by atoms with Crippen LogP contribution in [0.1, 0.15) is 0 Å². The number of nitrogens with one attached hydrogen (secondary N) is 1. The molecule has 0 fully saturated rings. The van der Waals surface area contributed by atoms with E-state index in [1.165, 1.54) is 24.3 Å². The van der Waals surface area contributed by atoms with Crippen LogP contribution in [0.2, 0.25) is 0 Å². The second-order valence-corrected chi connectivity index (χ2v) is 4.50. The Bertz CT molecular complexity index is 670. The van der Waals surface area contributed by atoms with Gasteiger partial charge in [-0.05, 0) is 48.5 Å². The maximum absolute atomic E-state index is 12.7. The van der Waals surface area contributed by atoms with Crippen molar-refractivity contribution in [3.05, 3.63) is 54.3 Å². The van der Waals surface area contributed by atoms with Crippen molar-refractivity contribution in [1.82, 2.24) is 0 Å². The fraction of sp³-hybridized carbons (Fsp3) is 0.125. The van der Waals surface area contributed by atoms with Crippen molar-refractivity contribution in [1.29, 1.82) is 0 Å². The fourth-order valence-electron chi connectivity index (χ4n) is 1.66. The number of amides is 1. The summed E-state index contributed by atoms with van der Waals surface area (Å²) in [4.78, 5) is 22.1. The van der Waals surface area contributed by atoms with Gasteiger partial charge < -0.3 is 19.9 Å². The molecule has 0 spiro atoms. The summed E-state index contributed by atoms with van der Waals surface area (Å²) in [6.07, 6.45) is 0. The van der Waals surface area contributed by atoms with E-state index in [4.69, 9.17) is 14.6 Å². The summed E-state index contributed by atoms with van der Waals surface area (Å²) in [5.41, 5.74) is 0.514. The average Bonchev–Trinajstić information content (AvgIpc) is 2.53. The monoisotopic (exact) mass is 319 g/mol. The lowest BCUT2D eigenvalue weighted by atomic mass is 10.3. The molecule has 0 aliphatic rings. The highest BCUT2D eigenvalue weighted by Gasteiger charge is 2.05. The molecule has 0 atom stereocenters. The average molecular weight is 319 g/mol. The van der Waals surface area contributed by atoms with Crippen LogP contribution < -0.4 is 14.8 Å². The molecule has 23 heavy (non-hydrogen) atoms. The van der Waals surface area contributed by atoms with Gasteiger partial charge in [0.2, 0.25) is 0 Å². The normalized spacial score (nSPS) is 9.96. The summed E-state index contributed by atoms with van der Waals surface area (Å²) in [5.74, 6) is -1.06. The number of carboxylic acids is 1. The highest BCUT2D eigenvalue weighted by Crippen LogP contribution is 2.16. The van der Waals surface area contributed by atoms with Crippen molar-refractivity contribution < 1.29 is 28.6 Å². The minimum Gasteiger partial charge on any atom is -0.484 e. The Morgan fingerprint density at radius 3 is 2.00 bits per heavy atom. The lowest BCUT2D eigenvalue weighted by Crippen LogP contribution is -2.20. The molecule has 0 aliphatic heterocycles. The van der Waals surface area contributed by atoms with Crippen molar-refractivity contribution >= 4 is 17.6 Å². The first kappa shape index (κ1) is 16.3. The SMILES string of the molecule is O=C(O)COc1ccc(NC(=O)COc2ccc(F)cc2)cc1. The summed E-state index contributed by atoms with van der Waals surface area (Å²) in [5, 5.41) is 11.1. The Kier molecular flexibility index (Phi) is 5.51. The van der Waals surface area contributed by atoms with E-state index >= 15 is 0 Å². The third kappa shape index (κ3) is 5.66. The third-order valence-corrected chi connectivity index (χ3v) is 2.68. The summed E-state index contributed by atoms with van der Waals surface area (Å²) >= 11 is 0. The highest BCUT2D eigenvalue weighted by molar-refractivity contribution is 5.91. The smallest absolute Gasteiger partial charge is 0.341 e. The summed E-state index contributed by atoms with van der Waals surface area (Å²) in [6, 6.07) is 11.6. The molecule has 0 aromatic heterocycles. The van der Waals surface area contributed by atoms with Crippen LogP contribution in [0.15, 0.2) is 48.5 Å². The van der Waals surface area contributed by atoms with Crippen molar-refractivity contribution in [2.45, 2.75) is 0 Å². The van der Waals surface area contributed by atoms with Crippen molar-refractivity contribution in [2.24, 2.45) is 0 Å².